The maximum Gasteiger partial charge on any atom is 0.294 e. The summed E-state index contributed by atoms with van der Waals surface area (Å²) in [6, 6.07) is 7.48. The molecule has 0 aliphatic rings. The lowest BCUT2D eigenvalue weighted by atomic mass is 10.1. The van der Waals surface area contributed by atoms with Crippen LogP contribution in [-0.2, 0) is 6.61 Å². The van der Waals surface area contributed by atoms with Crippen LogP contribution >= 0.6 is 0 Å². The molecule has 0 saturated carbocycles. The summed E-state index contributed by atoms with van der Waals surface area (Å²) in [5, 5.41) is 10.9. The topological polar surface area (TPSA) is 90.4 Å². The summed E-state index contributed by atoms with van der Waals surface area (Å²) in [4.78, 5) is 10.2. The van der Waals surface area contributed by atoms with Gasteiger partial charge in [0.25, 0.3) is 5.69 Å². The fourth-order valence-corrected chi connectivity index (χ4v) is 1.80. The molecule has 0 radical (unpaired) electrons. The Bertz CT molecular complexity index is 659. The van der Waals surface area contributed by atoms with E-state index < -0.39 is 22.3 Å². The van der Waals surface area contributed by atoms with Crippen LogP contribution < -0.4 is 16.0 Å². The van der Waals surface area contributed by atoms with Crippen LogP contribution in [0.25, 0.3) is 0 Å². The second kappa shape index (κ2) is 6.14. The Morgan fingerprint density at radius 1 is 1.19 bits per heavy atom. The van der Waals surface area contributed by atoms with Gasteiger partial charge in [0, 0.05) is 11.6 Å². The molecule has 0 heterocycles. The van der Waals surface area contributed by atoms with Gasteiger partial charge in [-0.15, -0.1) is 0 Å². The fourth-order valence-electron chi connectivity index (χ4n) is 1.80. The molecule has 2 rings (SSSR count). The highest BCUT2D eigenvalue weighted by Crippen LogP contribution is 2.29. The molecule has 2 aromatic rings. The molecular formula is C13H11F2N3O3. The van der Waals surface area contributed by atoms with Gasteiger partial charge in [-0.2, -0.15) is 0 Å². The molecular weight excluding hydrogens is 284 g/mol. The molecule has 0 spiro atoms. The van der Waals surface area contributed by atoms with Crippen molar-refractivity contribution in [2.75, 3.05) is 5.43 Å². The summed E-state index contributed by atoms with van der Waals surface area (Å²) in [6.07, 6.45) is 0. The highest BCUT2D eigenvalue weighted by molar-refractivity contribution is 5.65. The average Bonchev–Trinajstić information content (AvgIpc) is 2.46. The van der Waals surface area contributed by atoms with E-state index in [1.807, 2.05) is 0 Å². The summed E-state index contributed by atoms with van der Waals surface area (Å²) in [5.41, 5.74) is 2.27. The first-order valence-corrected chi connectivity index (χ1v) is 5.84. The minimum Gasteiger partial charge on any atom is -0.483 e. The third kappa shape index (κ3) is 3.06. The van der Waals surface area contributed by atoms with Crippen LogP contribution in [0.5, 0.6) is 5.75 Å². The summed E-state index contributed by atoms with van der Waals surface area (Å²) < 4.78 is 31.9. The standard InChI is InChI=1S/C13H11F2N3O3/c14-9-4-2-5-10(15)13(9)21-7-8-3-1-6-11(18(19)20)12(8)17-16/h1-6,17H,7,16H2. The van der Waals surface area contributed by atoms with Crippen molar-refractivity contribution in [2.24, 2.45) is 5.84 Å². The van der Waals surface area contributed by atoms with E-state index in [9.17, 15) is 18.9 Å². The summed E-state index contributed by atoms with van der Waals surface area (Å²) in [5.74, 6) is 2.99. The van der Waals surface area contributed by atoms with E-state index in [0.717, 1.165) is 12.1 Å². The molecule has 3 N–H and O–H groups in total. The van der Waals surface area contributed by atoms with Gasteiger partial charge in [0.2, 0.25) is 0 Å². The molecule has 0 aromatic heterocycles. The Hall–Kier alpha value is -2.74. The van der Waals surface area contributed by atoms with Crippen molar-refractivity contribution < 1.29 is 18.4 Å². The number of nitro groups is 1. The maximum absolute atomic E-state index is 13.4. The molecule has 0 fully saturated rings. The molecule has 6 nitrogen and oxygen atoms in total. The van der Waals surface area contributed by atoms with Crippen LogP contribution in [0, 0.1) is 21.7 Å². The van der Waals surface area contributed by atoms with Gasteiger partial charge in [0.15, 0.2) is 17.4 Å². The number of anilines is 1. The first-order chi connectivity index (χ1) is 10.0. The lowest BCUT2D eigenvalue weighted by molar-refractivity contribution is -0.384. The Morgan fingerprint density at radius 3 is 2.38 bits per heavy atom. The van der Waals surface area contributed by atoms with E-state index in [0.29, 0.717) is 5.56 Å². The molecule has 0 bridgehead atoms. The van der Waals surface area contributed by atoms with Crippen LogP contribution in [0.3, 0.4) is 0 Å². The van der Waals surface area contributed by atoms with Crippen LogP contribution in [0.15, 0.2) is 36.4 Å². The predicted octanol–water partition coefficient (Wildman–Crippen LogP) is 2.74. The second-order valence-corrected chi connectivity index (χ2v) is 4.05. The molecule has 0 unspecified atom stereocenters. The van der Waals surface area contributed by atoms with Crippen molar-refractivity contribution in [3.05, 3.63) is 63.7 Å². The van der Waals surface area contributed by atoms with E-state index in [-0.39, 0.29) is 18.0 Å². The Kier molecular flexibility index (Phi) is 4.29. The number of para-hydroxylation sites is 2. The highest BCUT2D eigenvalue weighted by atomic mass is 19.1. The van der Waals surface area contributed by atoms with Gasteiger partial charge in [0.05, 0.1) is 4.92 Å². The summed E-state index contributed by atoms with van der Waals surface area (Å²) in [6.45, 7) is -0.279. The zero-order chi connectivity index (χ0) is 15.4. The zero-order valence-corrected chi connectivity index (χ0v) is 10.7. The highest BCUT2D eigenvalue weighted by Gasteiger charge is 2.18. The molecule has 8 heteroatoms. The Morgan fingerprint density at radius 2 is 1.81 bits per heavy atom. The minimum absolute atomic E-state index is 0.0271. The smallest absolute Gasteiger partial charge is 0.294 e. The molecule has 0 aliphatic carbocycles. The van der Waals surface area contributed by atoms with Crippen molar-refractivity contribution in [2.45, 2.75) is 6.61 Å². The van der Waals surface area contributed by atoms with E-state index in [1.165, 1.54) is 24.3 Å². The second-order valence-electron chi connectivity index (χ2n) is 4.05. The number of nitro benzene ring substituents is 1. The van der Waals surface area contributed by atoms with Crippen molar-refractivity contribution >= 4 is 11.4 Å². The number of hydrogen-bond acceptors (Lipinski definition) is 5. The number of hydrazine groups is 1. The van der Waals surface area contributed by atoms with Crippen molar-refractivity contribution in [3.8, 4) is 5.75 Å². The average molecular weight is 295 g/mol. The fraction of sp³-hybridized carbons (Fsp3) is 0.0769. The van der Waals surface area contributed by atoms with Crippen LogP contribution in [0.1, 0.15) is 5.56 Å². The monoisotopic (exact) mass is 295 g/mol. The van der Waals surface area contributed by atoms with E-state index >= 15 is 0 Å². The van der Waals surface area contributed by atoms with Gasteiger partial charge < -0.3 is 10.2 Å². The lowest BCUT2D eigenvalue weighted by Gasteiger charge is -2.11. The zero-order valence-electron chi connectivity index (χ0n) is 10.7. The number of ether oxygens (including phenoxy) is 1. The van der Waals surface area contributed by atoms with Crippen LogP contribution in [0.2, 0.25) is 0 Å². The van der Waals surface area contributed by atoms with Gasteiger partial charge in [0.1, 0.15) is 12.3 Å². The molecule has 0 aliphatic heterocycles. The largest absolute Gasteiger partial charge is 0.483 e. The minimum atomic E-state index is -0.859. The Labute approximate surface area is 118 Å². The molecule has 21 heavy (non-hydrogen) atoms. The van der Waals surface area contributed by atoms with Crippen LogP contribution in [-0.4, -0.2) is 4.92 Å². The third-order valence-electron chi connectivity index (χ3n) is 2.76. The predicted molar refractivity (Wildman–Crippen MR) is 71.6 cm³/mol. The molecule has 0 atom stereocenters. The number of benzene rings is 2. The number of halogens is 2. The van der Waals surface area contributed by atoms with Crippen molar-refractivity contribution in [3.63, 3.8) is 0 Å². The maximum atomic E-state index is 13.4. The molecule has 0 saturated heterocycles. The van der Waals surface area contributed by atoms with E-state index in [2.05, 4.69) is 5.43 Å². The SMILES string of the molecule is NNc1c(COc2c(F)cccc2F)cccc1[N+](=O)[O-]. The van der Waals surface area contributed by atoms with E-state index in [1.54, 1.807) is 0 Å². The third-order valence-corrected chi connectivity index (χ3v) is 2.76. The van der Waals surface area contributed by atoms with Gasteiger partial charge in [-0.3, -0.25) is 16.0 Å². The molecule has 0 amide bonds. The van der Waals surface area contributed by atoms with Crippen molar-refractivity contribution in [1.82, 2.24) is 0 Å². The molecule has 110 valence electrons. The number of hydrogen-bond donors (Lipinski definition) is 2. The number of nitrogens with one attached hydrogen (secondary N) is 1. The van der Waals surface area contributed by atoms with Gasteiger partial charge in [-0.25, -0.2) is 8.78 Å². The number of nitrogens with two attached hydrogens (primary N) is 1. The quantitative estimate of drug-likeness (QED) is 0.503. The van der Waals surface area contributed by atoms with Crippen molar-refractivity contribution in [1.29, 1.82) is 0 Å². The number of nitrogen functional groups attached to an aromatic ring is 1. The first-order valence-electron chi connectivity index (χ1n) is 5.84. The Balaban J connectivity index is 2.28. The lowest BCUT2D eigenvalue weighted by Crippen LogP contribution is -2.13. The van der Waals surface area contributed by atoms with Gasteiger partial charge >= 0.3 is 0 Å². The number of rotatable bonds is 5. The van der Waals surface area contributed by atoms with E-state index in [4.69, 9.17) is 10.6 Å². The normalized spacial score (nSPS) is 10.2. The number of nitrogens with zero attached hydrogens (tertiary/aromatic N) is 1. The summed E-state index contributed by atoms with van der Waals surface area (Å²) >= 11 is 0. The van der Waals surface area contributed by atoms with Gasteiger partial charge in [-0.05, 0) is 12.1 Å². The summed E-state index contributed by atoms with van der Waals surface area (Å²) in [7, 11) is 0. The molecule has 2 aromatic carbocycles. The van der Waals surface area contributed by atoms with Crippen LogP contribution in [0.4, 0.5) is 20.2 Å². The van der Waals surface area contributed by atoms with Gasteiger partial charge in [-0.1, -0.05) is 18.2 Å². The first kappa shape index (κ1) is 14.7.